The summed E-state index contributed by atoms with van der Waals surface area (Å²) >= 11 is 3.51. The van der Waals surface area contributed by atoms with Crippen LogP contribution < -0.4 is 4.74 Å². The molecule has 0 atom stereocenters. The van der Waals surface area contributed by atoms with Crippen molar-refractivity contribution < 1.29 is 23.1 Å². The number of ether oxygens (including phenoxy) is 1. The second-order valence-electron chi connectivity index (χ2n) is 11.0. The number of fused-ring (bicyclic) bond motifs is 1. The average molecular weight is 723 g/mol. The molecule has 0 amide bonds. The third kappa shape index (κ3) is 8.77. The van der Waals surface area contributed by atoms with E-state index in [9.17, 15) is 19.9 Å². The molecule has 0 unspecified atom stereocenters. The standard InChI is InChI=1S/C38H33BrN3O5P/c1-45-37-18-15-30(23-40)20-31(37)21-32(24-41)35-25-42(36-17-16-33(39)22-34(35)36)38(43)14-8-9-19-48(44,46-26-28-10-4-2-5-11-28)47-27-29-12-6-3-7-13-29/h2-7,10-13,15-18,20-22,25H,8-9,14,19,26-27H2,1H3/b32-21+. The zero-order chi connectivity index (χ0) is 33.9. The van der Waals surface area contributed by atoms with Crippen LogP contribution in [0.5, 0.6) is 5.75 Å². The average Bonchev–Trinajstić information content (AvgIpc) is 3.50. The highest BCUT2D eigenvalue weighted by Crippen LogP contribution is 2.50. The van der Waals surface area contributed by atoms with Crippen LogP contribution in [-0.4, -0.2) is 23.7 Å². The molecule has 242 valence electrons. The van der Waals surface area contributed by atoms with Gasteiger partial charge in [-0.1, -0.05) is 76.6 Å². The molecule has 5 aromatic rings. The van der Waals surface area contributed by atoms with Crippen LogP contribution in [0.3, 0.4) is 0 Å². The van der Waals surface area contributed by atoms with Crippen molar-refractivity contribution in [2.45, 2.75) is 32.5 Å². The van der Waals surface area contributed by atoms with Gasteiger partial charge in [-0.15, -0.1) is 0 Å². The number of aromatic nitrogens is 1. The van der Waals surface area contributed by atoms with Crippen LogP contribution in [0.4, 0.5) is 0 Å². The van der Waals surface area contributed by atoms with E-state index >= 15 is 0 Å². The molecule has 10 heteroatoms. The predicted molar refractivity (Wildman–Crippen MR) is 190 cm³/mol. The molecule has 0 N–H and O–H groups in total. The molecule has 0 saturated carbocycles. The van der Waals surface area contributed by atoms with Gasteiger partial charge in [0, 0.05) is 33.6 Å². The van der Waals surface area contributed by atoms with Crippen molar-refractivity contribution in [3.05, 3.63) is 136 Å². The number of hydrogen-bond donors (Lipinski definition) is 0. The van der Waals surface area contributed by atoms with E-state index in [1.54, 1.807) is 35.0 Å². The predicted octanol–water partition coefficient (Wildman–Crippen LogP) is 9.79. The number of hydrogen-bond acceptors (Lipinski definition) is 7. The molecule has 1 heterocycles. The molecule has 48 heavy (non-hydrogen) atoms. The number of carbonyl (C=O) groups excluding carboxylic acids is 1. The molecular weight excluding hydrogens is 689 g/mol. The molecule has 0 saturated heterocycles. The van der Waals surface area contributed by atoms with Gasteiger partial charge in [0.2, 0.25) is 5.91 Å². The van der Waals surface area contributed by atoms with E-state index in [2.05, 4.69) is 28.1 Å². The number of allylic oxidation sites excluding steroid dienone is 1. The molecule has 4 aromatic carbocycles. The van der Waals surface area contributed by atoms with Gasteiger partial charge in [-0.3, -0.25) is 13.9 Å². The fraction of sp³-hybridized carbons (Fsp3) is 0.184. The van der Waals surface area contributed by atoms with Gasteiger partial charge in [-0.2, -0.15) is 10.5 Å². The first-order valence-corrected chi connectivity index (χ1v) is 17.8. The summed E-state index contributed by atoms with van der Waals surface area (Å²) in [4.78, 5) is 13.6. The fourth-order valence-electron chi connectivity index (χ4n) is 5.23. The number of nitriles is 2. The minimum absolute atomic E-state index is 0.154. The van der Waals surface area contributed by atoms with Crippen molar-refractivity contribution in [1.82, 2.24) is 4.57 Å². The number of rotatable bonds is 14. The van der Waals surface area contributed by atoms with Gasteiger partial charge in [0.15, 0.2) is 0 Å². The van der Waals surface area contributed by atoms with E-state index in [1.165, 1.54) is 7.11 Å². The Morgan fingerprint density at radius 2 is 1.56 bits per heavy atom. The molecule has 0 aliphatic carbocycles. The van der Waals surface area contributed by atoms with Gasteiger partial charge in [-0.05, 0) is 66.4 Å². The second kappa shape index (κ2) is 16.4. The van der Waals surface area contributed by atoms with Gasteiger partial charge < -0.3 is 13.8 Å². The minimum Gasteiger partial charge on any atom is -0.496 e. The molecule has 0 radical (unpaired) electrons. The first kappa shape index (κ1) is 34.6. The normalized spacial score (nSPS) is 11.6. The molecule has 0 aliphatic heterocycles. The monoisotopic (exact) mass is 721 g/mol. The zero-order valence-electron chi connectivity index (χ0n) is 26.3. The highest BCUT2D eigenvalue weighted by molar-refractivity contribution is 9.10. The highest BCUT2D eigenvalue weighted by atomic mass is 79.9. The number of nitrogens with zero attached hydrogens (tertiary/aromatic N) is 3. The van der Waals surface area contributed by atoms with Crippen molar-refractivity contribution in [3.63, 3.8) is 0 Å². The van der Waals surface area contributed by atoms with Crippen molar-refractivity contribution in [1.29, 1.82) is 10.5 Å². The van der Waals surface area contributed by atoms with Crippen LogP contribution in [0.15, 0.2) is 108 Å². The van der Waals surface area contributed by atoms with Crippen molar-refractivity contribution >= 4 is 52.0 Å². The molecule has 0 spiro atoms. The molecular formula is C38H33BrN3O5P. The highest BCUT2D eigenvalue weighted by Gasteiger charge is 2.25. The molecule has 0 bridgehead atoms. The van der Waals surface area contributed by atoms with Crippen LogP contribution in [-0.2, 0) is 26.8 Å². The number of unbranched alkanes of at least 4 members (excludes halogenated alkanes) is 1. The Labute approximate surface area is 288 Å². The quantitative estimate of drug-likeness (QED) is 0.0637. The first-order valence-electron chi connectivity index (χ1n) is 15.3. The lowest BCUT2D eigenvalue weighted by Crippen LogP contribution is -2.09. The maximum Gasteiger partial charge on any atom is 0.331 e. The second-order valence-corrected chi connectivity index (χ2v) is 14.1. The largest absolute Gasteiger partial charge is 0.496 e. The number of methoxy groups -OCH3 is 1. The minimum atomic E-state index is -3.48. The van der Waals surface area contributed by atoms with Crippen molar-refractivity contribution in [2.24, 2.45) is 0 Å². The maximum atomic E-state index is 13.8. The van der Waals surface area contributed by atoms with E-state index in [1.807, 2.05) is 78.9 Å². The lowest BCUT2D eigenvalue weighted by atomic mass is 10.0. The van der Waals surface area contributed by atoms with Crippen LogP contribution in [0.1, 0.15) is 51.9 Å². The van der Waals surface area contributed by atoms with E-state index in [0.717, 1.165) is 15.6 Å². The van der Waals surface area contributed by atoms with Crippen LogP contribution in [0.25, 0.3) is 22.6 Å². The van der Waals surface area contributed by atoms with Gasteiger partial charge in [0.05, 0.1) is 55.3 Å². The summed E-state index contributed by atoms with van der Waals surface area (Å²) in [5.41, 5.74) is 4.31. The van der Waals surface area contributed by atoms with E-state index < -0.39 is 7.60 Å². The topological polar surface area (TPSA) is 114 Å². The summed E-state index contributed by atoms with van der Waals surface area (Å²) in [6.45, 7) is 0.307. The Kier molecular flexibility index (Phi) is 11.8. The molecule has 1 aromatic heterocycles. The van der Waals surface area contributed by atoms with Crippen LogP contribution in [0, 0.1) is 22.7 Å². The van der Waals surface area contributed by atoms with E-state index in [0.29, 0.717) is 51.8 Å². The lowest BCUT2D eigenvalue weighted by Gasteiger charge is -2.19. The maximum absolute atomic E-state index is 13.8. The Morgan fingerprint density at radius 3 is 2.17 bits per heavy atom. The Hall–Kier alpha value is -4.76. The van der Waals surface area contributed by atoms with Crippen LogP contribution in [0.2, 0.25) is 0 Å². The number of benzene rings is 4. The zero-order valence-corrected chi connectivity index (χ0v) is 28.8. The van der Waals surface area contributed by atoms with Crippen LogP contribution >= 0.6 is 23.5 Å². The summed E-state index contributed by atoms with van der Waals surface area (Å²) in [5.74, 6) is 0.348. The molecule has 8 nitrogen and oxygen atoms in total. The summed E-state index contributed by atoms with van der Waals surface area (Å²) < 4.78 is 33.4. The number of carbonyl (C=O) groups is 1. The third-order valence-electron chi connectivity index (χ3n) is 7.72. The molecule has 0 fully saturated rings. The molecule has 0 aliphatic rings. The summed E-state index contributed by atoms with van der Waals surface area (Å²) in [6, 6.07) is 33.9. The van der Waals surface area contributed by atoms with Gasteiger partial charge >= 0.3 is 7.60 Å². The van der Waals surface area contributed by atoms with E-state index in [-0.39, 0.29) is 31.7 Å². The SMILES string of the molecule is COc1ccc(C#N)cc1/C=C(\C#N)c1cn(C(=O)CCCCP(=O)(OCc2ccccc2)OCc2ccccc2)c2ccc(Br)cc12. The summed E-state index contributed by atoms with van der Waals surface area (Å²) in [6.07, 6.45) is 4.58. The Balaban J connectivity index is 1.32. The van der Waals surface area contributed by atoms with Crippen molar-refractivity contribution in [2.75, 3.05) is 13.3 Å². The smallest absolute Gasteiger partial charge is 0.331 e. The third-order valence-corrected chi connectivity index (χ3v) is 10.1. The fourth-order valence-corrected chi connectivity index (χ4v) is 7.22. The van der Waals surface area contributed by atoms with Crippen molar-refractivity contribution in [3.8, 4) is 17.9 Å². The van der Waals surface area contributed by atoms with Gasteiger partial charge in [0.1, 0.15) is 5.75 Å². The first-order chi connectivity index (χ1) is 23.3. The Bertz CT molecular complexity index is 2020. The van der Waals surface area contributed by atoms with Gasteiger partial charge in [0.25, 0.3) is 0 Å². The number of halogens is 1. The van der Waals surface area contributed by atoms with Gasteiger partial charge in [-0.25, -0.2) is 0 Å². The Morgan fingerprint density at radius 1 is 0.896 bits per heavy atom. The lowest BCUT2D eigenvalue weighted by molar-refractivity contribution is 0.0904. The summed E-state index contributed by atoms with van der Waals surface area (Å²) in [5, 5.41) is 20.3. The molecule has 5 rings (SSSR count). The van der Waals surface area contributed by atoms with E-state index in [4.69, 9.17) is 13.8 Å². The summed E-state index contributed by atoms with van der Waals surface area (Å²) in [7, 11) is -1.96.